The van der Waals surface area contributed by atoms with Crippen LogP contribution in [0.3, 0.4) is 0 Å². The summed E-state index contributed by atoms with van der Waals surface area (Å²) >= 11 is 5.71. The lowest BCUT2D eigenvalue weighted by Gasteiger charge is -2.23. The monoisotopic (exact) mass is 255 g/mol. The summed E-state index contributed by atoms with van der Waals surface area (Å²) in [5, 5.41) is 12.9. The maximum absolute atomic E-state index is 12.0. The summed E-state index contributed by atoms with van der Waals surface area (Å²) in [4.78, 5) is 12.0. The highest BCUT2D eigenvalue weighted by atomic mass is 35.5. The van der Waals surface area contributed by atoms with Crippen LogP contribution in [0, 0.1) is 0 Å². The molecule has 0 saturated carbocycles. The van der Waals surface area contributed by atoms with Crippen molar-refractivity contribution in [2.24, 2.45) is 0 Å². The van der Waals surface area contributed by atoms with Crippen LogP contribution in [-0.2, 0) is 4.74 Å². The zero-order valence-electron chi connectivity index (χ0n) is 9.50. The number of phenolic OH excluding ortho intramolecular Hbond substituents is 1. The first-order valence-corrected chi connectivity index (χ1v) is 5.77. The minimum Gasteiger partial charge on any atom is -0.507 e. The van der Waals surface area contributed by atoms with Gasteiger partial charge in [0.2, 0.25) is 0 Å². The van der Waals surface area contributed by atoms with Gasteiger partial charge in [0.1, 0.15) is 5.75 Å². The minimum atomic E-state index is -0.358. The summed E-state index contributed by atoms with van der Waals surface area (Å²) in [6.07, 6.45) is 0.771. The van der Waals surface area contributed by atoms with Gasteiger partial charge in [-0.05, 0) is 31.5 Å². The van der Waals surface area contributed by atoms with E-state index in [1.165, 1.54) is 12.1 Å². The Balaban J connectivity index is 2.14. The van der Waals surface area contributed by atoms with Gasteiger partial charge in [0.15, 0.2) is 0 Å². The number of rotatable bonds is 2. The molecule has 0 bridgehead atoms. The number of carbonyl (C=O) groups excluding carboxylic acids is 1. The number of ether oxygens (including phenoxy) is 1. The van der Waals surface area contributed by atoms with Crippen molar-refractivity contribution in [2.75, 3.05) is 13.2 Å². The van der Waals surface area contributed by atoms with Gasteiger partial charge in [-0.3, -0.25) is 4.79 Å². The predicted molar refractivity (Wildman–Crippen MR) is 64.4 cm³/mol. The minimum absolute atomic E-state index is 0.113. The number of nitrogens with one attached hydrogen (secondary N) is 1. The van der Waals surface area contributed by atoms with E-state index in [2.05, 4.69) is 5.32 Å². The number of hydrogen-bond acceptors (Lipinski definition) is 3. The van der Waals surface area contributed by atoms with Gasteiger partial charge >= 0.3 is 0 Å². The van der Waals surface area contributed by atoms with Crippen LogP contribution >= 0.6 is 11.6 Å². The molecule has 1 fully saturated rings. The lowest BCUT2D eigenvalue weighted by molar-refractivity contribution is 0.0887. The second-order valence-electron chi connectivity index (χ2n) is 4.48. The van der Waals surface area contributed by atoms with Crippen molar-refractivity contribution in [3.05, 3.63) is 28.8 Å². The number of hydrogen-bond donors (Lipinski definition) is 2. The summed E-state index contributed by atoms with van der Waals surface area (Å²) in [6.45, 7) is 3.06. The highest BCUT2D eigenvalue weighted by molar-refractivity contribution is 6.30. The zero-order valence-corrected chi connectivity index (χ0v) is 10.3. The zero-order chi connectivity index (χ0) is 12.5. The molecular formula is C12H14ClNO3. The third-order valence-corrected chi connectivity index (χ3v) is 3.07. The fourth-order valence-corrected chi connectivity index (χ4v) is 1.97. The lowest BCUT2D eigenvalue weighted by Crippen LogP contribution is -2.46. The quantitative estimate of drug-likeness (QED) is 0.849. The number of phenols is 1. The van der Waals surface area contributed by atoms with E-state index in [-0.39, 0.29) is 22.8 Å². The smallest absolute Gasteiger partial charge is 0.255 e. The molecule has 1 aliphatic heterocycles. The van der Waals surface area contributed by atoms with Crippen LogP contribution in [0.1, 0.15) is 23.7 Å². The number of halogens is 1. The summed E-state index contributed by atoms with van der Waals surface area (Å²) in [5.41, 5.74) is -0.133. The van der Waals surface area contributed by atoms with Gasteiger partial charge in [0.25, 0.3) is 5.91 Å². The van der Waals surface area contributed by atoms with Crippen LogP contribution in [-0.4, -0.2) is 29.8 Å². The van der Waals surface area contributed by atoms with Crippen molar-refractivity contribution in [2.45, 2.75) is 18.9 Å². The van der Waals surface area contributed by atoms with Crippen molar-refractivity contribution >= 4 is 17.5 Å². The van der Waals surface area contributed by atoms with E-state index >= 15 is 0 Å². The van der Waals surface area contributed by atoms with Crippen molar-refractivity contribution in [3.8, 4) is 5.75 Å². The molecule has 1 aromatic carbocycles. The molecule has 2 rings (SSSR count). The molecule has 5 heteroatoms. The SMILES string of the molecule is CC1(NC(=O)c2ccc(Cl)cc2O)CCOC1. The molecule has 1 unspecified atom stereocenters. The predicted octanol–water partition coefficient (Wildman–Crippen LogP) is 1.95. The van der Waals surface area contributed by atoms with Crippen LogP contribution in [0.5, 0.6) is 5.75 Å². The summed E-state index contributed by atoms with van der Waals surface area (Å²) in [7, 11) is 0. The molecule has 0 radical (unpaired) electrons. The average Bonchev–Trinajstić information content (AvgIpc) is 2.64. The van der Waals surface area contributed by atoms with E-state index < -0.39 is 0 Å². The Hall–Kier alpha value is -1.26. The third-order valence-electron chi connectivity index (χ3n) is 2.84. The first-order valence-electron chi connectivity index (χ1n) is 5.39. The highest BCUT2D eigenvalue weighted by Gasteiger charge is 2.32. The fraction of sp³-hybridized carbons (Fsp3) is 0.417. The average molecular weight is 256 g/mol. The summed E-state index contributed by atoms with van der Waals surface area (Å²) < 4.78 is 5.25. The Morgan fingerprint density at radius 1 is 1.59 bits per heavy atom. The molecule has 1 atom stereocenters. The maximum Gasteiger partial charge on any atom is 0.255 e. The molecule has 1 heterocycles. The van der Waals surface area contributed by atoms with Crippen molar-refractivity contribution in [1.29, 1.82) is 0 Å². The van der Waals surface area contributed by atoms with Gasteiger partial charge in [0.05, 0.1) is 17.7 Å². The first kappa shape index (κ1) is 12.2. The maximum atomic E-state index is 12.0. The van der Waals surface area contributed by atoms with Gasteiger partial charge in [0, 0.05) is 11.6 Å². The van der Waals surface area contributed by atoms with Crippen LogP contribution in [0.25, 0.3) is 0 Å². The van der Waals surface area contributed by atoms with Crippen LogP contribution in [0.4, 0.5) is 0 Å². The highest BCUT2D eigenvalue weighted by Crippen LogP contribution is 2.24. The molecule has 2 N–H and O–H groups in total. The number of benzene rings is 1. The number of aromatic hydroxyl groups is 1. The van der Waals surface area contributed by atoms with E-state index in [0.29, 0.717) is 18.2 Å². The normalized spacial score (nSPS) is 23.6. The van der Waals surface area contributed by atoms with Crippen LogP contribution in [0.15, 0.2) is 18.2 Å². The van der Waals surface area contributed by atoms with Crippen molar-refractivity contribution in [3.63, 3.8) is 0 Å². The molecule has 1 aromatic rings. The van der Waals surface area contributed by atoms with Gasteiger partial charge < -0.3 is 15.2 Å². The molecule has 17 heavy (non-hydrogen) atoms. The molecule has 1 amide bonds. The van der Waals surface area contributed by atoms with Gasteiger partial charge in [-0.2, -0.15) is 0 Å². The van der Waals surface area contributed by atoms with Crippen LogP contribution in [0.2, 0.25) is 5.02 Å². The van der Waals surface area contributed by atoms with E-state index in [4.69, 9.17) is 16.3 Å². The Bertz CT molecular complexity index is 441. The Labute approximate surface area is 105 Å². The first-order chi connectivity index (χ1) is 8.00. The van der Waals surface area contributed by atoms with E-state index in [1.54, 1.807) is 6.07 Å². The molecule has 1 aliphatic rings. The molecule has 0 aliphatic carbocycles. The fourth-order valence-electron chi connectivity index (χ4n) is 1.80. The lowest BCUT2D eigenvalue weighted by atomic mass is 10.0. The molecule has 0 spiro atoms. The number of carbonyl (C=O) groups is 1. The standard InChI is InChI=1S/C12H14ClNO3/c1-12(4-5-17-7-12)14-11(16)9-3-2-8(13)6-10(9)15/h2-3,6,15H,4-5,7H2,1H3,(H,14,16). The second-order valence-corrected chi connectivity index (χ2v) is 4.92. The molecule has 4 nitrogen and oxygen atoms in total. The van der Waals surface area contributed by atoms with E-state index in [9.17, 15) is 9.90 Å². The summed E-state index contributed by atoms with van der Waals surface area (Å²) in [5.74, 6) is -0.426. The van der Waals surface area contributed by atoms with Gasteiger partial charge in [-0.1, -0.05) is 11.6 Å². The molecule has 0 aromatic heterocycles. The number of amides is 1. The van der Waals surface area contributed by atoms with Crippen molar-refractivity contribution < 1.29 is 14.6 Å². The van der Waals surface area contributed by atoms with Gasteiger partial charge in [-0.15, -0.1) is 0 Å². The molecular weight excluding hydrogens is 242 g/mol. The second kappa shape index (κ2) is 4.55. The summed E-state index contributed by atoms with van der Waals surface area (Å²) in [6, 6.07) is 4.43. The van der Waals surface area contributed by atoms with Crippen LogP contribution < -0.4 is 5.32 Å². The topological polar surface area (TPSA) is 58.6 Å². The van der Waals surface area contributed by atoms with Crippen molar-refractivity contribution in [1.82, 2.24) is 5.32 Å². The van der Waals surface area contributed by atoms with Gasteiger partial charge in [-0.25, -0.2) is 0 Å². The van der Waals surface area contributed by atoms with E-state index in [1.807, 2.05) is 6.92 Å². The molecule has 1 saturated heterocycles. The largest absolute Gasteiger partial charge is 0.507 e. The third kappa shape index (κ3) is 2.70. The molecule has 92 valence electrons. The Morgan fingerprint density at radius 2 is 2.35 bits per heavy atom. The Morgan fingerprint density at radius 3 is 2.94 bits per heavy atom. The Kier molecular flexibility index (Phi) is 3.26. The van der Waals surface area contributed by atoms with E-state index in [0.717, 1.165) is 6.42 Å².